The quantitative estimate of drug-likeness (QED) is 0.653. The third-order valence-corrected chi connectivity index (χ3v) is 3.69. The fraction of sp³-hybridized carbons (Fsp3) is 0.333. The Balaban J connectivity index is 3.24. The molecule has 0 atom stereocenters. The number of nitrogens with zero attached hydrogens (tertiary/aromatic N) is 2. The van der Waals surface area contributed by atoms with Gasteiger partial charge in [-0.2, -0.15) is 5.26 Å². The number of aromatic hydroxyl groups is 1. The molecular weight excluding hydrogens is 336 g/mol. The van der Waals surface area contributed by atoms with Crippen molar-refractivity contribution in [2.45, 2.75) is 13.8 Å². The van der Waals surface area contributed by atoms with Crippen molar-refractivity contribution in [2.75, 3.05) is 20.2 Å². The number of benzene rings is 1. The standard InChI is InChI=1S/C15H17BrN2O3/c1-4-18(5-2)15(20)11(9-17)6-10-7-13(19)14(21-3)8-12(10)16/h6-8,19H,4-5H2,1-3H3. The van der Waals surface area contributed by atoms with Gasteiger partial charge in [-0.15, -0.1) is 0 Å². The third-order valence-electron chi connectivity index (χ3n) is 3.00. The van der Waals surface area contributed by atoms with E-state index in [-0.39, 0.29) is 17.2 Å². The molecule has 0 bridgehead atoms. The number of nitriles is 1. The van der Waals surface area contributed by atoms with Crippen LogP contribution in [0.3, 0.4) is 0 Å². The van der Waals surface area contributed by atoms with Crippen molar-refractivity contribution in [1.29, 1.82) is 5.26 Å². The third kappa shape index (κ3) is 3.99. The first-order valence-electron chi connectivity index (χ1n) is 6.46. The van der Waals surface area contributed by atoms with E-state index in [2.05, 4.69) is 15.9 Å². The number of rotatable bonds is 5. The number of carbonyl (C=O) groups is 1. The number of hydrogen-bond acceptors (Lipinski definition) is 4. The molecule has 1 N–H and O–H groups in total. The van der Waals surface area contributed by atoms with Crippen LogP contribution in [0.5, 0.6) is 11.5 Å². The molecule has 6 heteroatoms. The van der Waals surface area contributed by atoms with Crippen LogP contribution in [0, 0.1) is 11.3 Å². The largest absolute Gasteiger partial charge is 0.504 e. The lowest BCUT2D eigenvalue weighted by Gasteiger charge is -2.17. The summed E-state index contributed by atoms with van der Waals surface area (Å²) in [7, 11) is 1.45. The van der Waals surface area contributed by atoms with Gasteiger partial charge >= 0.3 is 0 Å². The van der Waals surface area contributed by atoms with Crippen molar-refractivity contribution in [2.24, 2.45) is 0 Å². The SMILES string of the molecule is CCN(CC)C(=O)C(C#N)=Cc1cc(O)c(OC)cc1Br. The van der Waals surface area contributed by atoms with Gasteiger partial charge in [0.25, 0.3) is 5.91 Å². The summed E-state index contributed by atoms with van der Waals surface area (Å²) >= 11 is 3.33. The molecule has 0 aromatic heterocycles. The van der Waals surface area contributed by atoms with Gasteiger partial charge in [-0.3, -0.25) is 4.79 Å². The van der Waals surface area contributed by atoms with Crippen LogP contribution in [0.1, 0.15) is 19.4 Å². The maximum atomic E-state index is 12.2. The van der Waals surface area contributed by atoms with Crippen LogP contribution in [-0.4, -0.2) is 36.1 Å². The normalized spacial score (nSPS) is 10.9. The van der Waals surface area contributed by atoms with Gasteiger partial charge in [-0.1, -0.05) is 15.9 Å². The number of likely N-dealkylation sites (N-methyl/N-ethyl adjacent to an activating group) is 1. The second-order valence-corrected chi connectivity index (χ2v) is 5.05. The van der Waals surface area contributed by atoms with Gasteiger partial charge in [-0.05, 0) is 37.6 Å². The monoisotopic (exact) mass is 352 g/mol. The van der Waals surface area contributed by atoms with Gasteiger partial charge in [0.05, 0.1) is 7.11 Å². The van der Waals surface area contributed by atoms with Crippen molar-refractivity contribution >= 4 is 27.9 Å². The summed E-state index contributed by atoms with van der Waals surface area (Å²) in [6, 6.07) is 4.93. The highest BCUT2D eigenvalue weighted by atomic mass is 79.9. The van der Waals surface area contributed by atoms with E-state index < -0.39 is 0 Å². The van der Waals surface area contributed by atoms with Gasteiger partial charge in [0.2, 0.25) is 0 Å². The second kappa shape index (κ2) is 7.70. The minimum absolute atomic E-state index is 0.0176. The second-order valence-electron chi connectivity index (χ2n) is 4.19. The highest BCUT2D eigenvalue weighted by Crippen LogP contribution is 2.33. The molecule has 0 fully saturated rings. The molecule has 1 rings (SSSR count). The smallest absolute Gasteiger partial charge is 0.264 e. The molecule has 1 aromatic carbocycles. The number of amides is 1. The van der Waals surface area contributed by atoms with E-state index >= 15 is 0 Å². The zero-order valence-corrected chi connectivity index (χ0v) is 13.8. The van der Waals surface area contributed by atoms with Crippen LogP contribution in [-0.2, 0) is 4.79 Å². The maximum Gasteiger partial charge on any atom is 0.264 e. The summed E-state index contributed by atoms with van der Waals surface area (Å²) in [5.41, 5.74) is 0.550. The molecule has 0 unspecified atom stereocenters. The maximum absolute atomic E-state index is 12.2. The van der Waals surface area contributed by atoms with Gasteiger partial charge < -0.3 is 14.7 Å². The fourth-order valence-electron chi connectivity index (χ4n) is 1.81. The number of carbonyl (C=O) groups excluding carboxylic acids is 1. The average Bonchev–Trinajstić information content (AvgIpc) is 2.48. The Morgan fingerprint density at radius 3 is 2.57 bits per heavy atom. The Bertz CT molecular complexity index is 602. The topological polar surface area (TPSA) is 73.6 Å². The summed E-state index contributed by atoms with van der Waals surface area (Å²) in [6.45, 7) is 4.77. The summed E-state index contributed by atoms with van der Waals surface area (Å²) in [4.78, 5) is 13.8. The molecule has 21 heavy (non-hydrogen) atoms. The Kier molecular flexibility index (Phi) is 6.25. The predicted octanol–water partition coefficient (Wildman–Crippen LogP) is 2.94. The lowest BCUT2D eigenvalue weighted by atomic mass is 10.1. The molecule has 0 radical (unpaired) electrons. The molecule has 0 spiro atoms. The highest BCUT2D eigenvalue weighted by Gasteiger charge is 2.16. The molecule has 5 nitrogen and oxygen atoms in total. The van der Waals surface area contributed by atoms with E-state index in [9.17, 15) is 15.2 Å². The Hall–Kier alpha value is -2.00. The van der Waals surface area contributed by atoms with E-state index in [1.807, 2.05) is 19.9 Å². The van der Waals surface area contributed by atoms with Crippen molar-refractivity contribution in [1.82, 2.24) is 4.90 Å². The van der Waals surface area contributed by atoms with E-state index in [0.29, 0.717) is 28.9 Å². The van der Waals surface area contributed by atoms with Crippen molar-refractivity contribution < 1.29 is 14.6 Å². The lowest BCUT2D eigenvalue weighted by Crippen LogP contribution is -2.31. The van der Waals surface area contributed by atoms with Crippen LogP contribution < -0.4 is 4.74 Å². The minimum atomic E-state index is -0.329. The van der Waals surface area contributed by atoms with Crippen LogP contribution in [0.15, 0.2) is 22.2 Å². The predicted molar refractivity (Wildman–Crippen MR) is 83.9 cm³/mol. The number of methoxy groups -OCH3 is 1. The van der Waals surface area contributed by atoms with Gasteiger partial charge in [0.15, 0.2) is 11.5 Å². The first-order valence-corrected chi connectivity index (χ1v) is 7.25. The zero-order chi connectivity index (χ0) is 16.0. The van der Waals surface area contributed by atoms with E-state index in [1.54, 1.807) is 11.0 Å². The van der Waals surface area contributed by atoms with Crippen molar-refractivity contribution in [3.8, 4) is 17.6 Å². The molecule has 112 valence electrons. The number of phenolic OH excluding ortho intramolecular Hbond substituents is 1. The number of hydrogen-bond donors (Lipinski definition) is 1. The van der Waals surface area contributed by atoms with E-state index in [4.69, 9.17) is 4.74 Å². The van der Waals surface area contributed by atoms with E-state index in [0.717, 1.165) is 0 Å². The lowest BCUT2D eigenvalue weighted by molar-refractivity contribution is -0.126. The molecule has 0 aliphatic heterocycles. The molecular formula is C15H17BrN2O3. The summed E-state index contributed by atoms with van der Waals surface area (Å²) in [5, 5.41) is 19.0. The van der Waals surface area contributed by atoms with Crippen molar-refractivity contribution in [3.63, 3.8) is 0 Å². The van der Waals surface area contributed by atoms with Crippen LogP contribution in [0.4, 0.5) is 0 Å². The molecule has 0 saturated heterocycles. The van der Waals surface area contributed by atoms with Crippen molar-refractivity contribution in [3.05, 3.63) is 27.7 Å². The van der Waals surface area contributed by atoms with Crippen LogP contribution >= 0.6 is 15.9 Å². The van der Waals surface area contributed by atoms with Gasteiger partial charge in [0, 0.05) is 17.6 Å². The number of phenols is 1. The average molecular weight is 353 g/mol. The summed E-state index contributed by atoms with van der Waals surface area (Å²) in [5.74, 6) is -0.0724. The molecule has 0 aliphatic carbocycles. The minimum Gasteiger partial charge on any atom is -0.504 e. The van der Waals surface area contributed by atoms with Gasteiger partial charge in [-0.25, -0.2) is 0 Å². The molecule has 0 aliphatic rings. The molecule has 0 saturated carbocycles. The number of halogens is 1. The van der Waals surface area contributed by atoms with Crippen LogP contribution in [0.2, 0.25) is 0 Å². The van der Waals surface area contributed by atoms with Crippen LogP contribution in [0.25, 0.3) is 6.08 Å². The van der Waals surface area contributed by atoms with Gasteiger partial charge in [0.1, 0.15) is 11.6 Å². The highest BCUT2D eigenvalue weighted by molar-refractivity contribution is 9.10. The Morgan fingerprint density at radius 1 is 1.48 bits per heavy atom. The summed E-state index contributed by atoms with van der Waals surface area (Å²) in [6.07, 6.45) is 1.45. The molecule has 0 heterocycles. The summed E-state index contributed by atoms with van der Waals surface area (Å²) < 4.78 is 5.61. The fourth-order valence-corrected chi connectivity index (χ4v) is 2.25. The Morgan fingerprint density at radius 2 is 2.10 bits per heavy atom. The van der Waals surface area contributed by atoms with E-state index in [1.165, 1.54) is 19.3 Å². The zero-order valence-electron chi connectivity index (χ0n) is 12.2. The Labute approximate surface area is 132 Å². The first-order chi connectivity index (χ1) is 9.98. The molecule has 1 aromatic rings. The molecule has 1 amide bonds. The first kappa shape index (κ1) is 17.1. The number of ether oxygens (including phenoxy) is 1.